The van der Waals surface area contributed by atoms with Crippen molar-refractivity contribution in [2.45, 2.75) is 84.8 Å². The molecule has 3 nitrogen and oxygen atoms in total. The minimum Gasteiger partial charge on any atom is -0.456 e. The SMILES string of the molecule is Cc1cc2c3c(c1)N(c1cc4c(cc1C)C(C)(C)CCC4(C)C)c1cc4oc5ccccc5c4cc1B3N1c3ccccc3S(c3ccccc3)(c3ccccc3)c3cccc-2c31. The average Bonchev–Trinajstić information content (AvgIpc) is 3.66. The molecule has 0 atom stereocenters. The molecule has 1 aliphatic carbocycles. The van der Waals surface area contributed by atoms with Gasteiger partial charge in [-0.2, -0.15) is 0 Å². The zero-order chi connectivity index (χ0) is 42.6. The van der Waals surface area contributed by atoms with Crippen LogP contribution in [0.4, 0.5) is 28.4 Å². The highest BCUT2D eigenvalue weighted by atomic mass is 32.3. The molecule has 0 amide bonds. The van der Waals surface area contributed by atoms with Gasteiger partial charge in [0, 0.05) is 64.7 Å². The maximum atomic E-state index is 6.79. The number of fused-ring (bicyclic) bond motifs is 10. The van der Waals surface area contributed by atoms with Crippen LogP contribution in [-0.2, 0) is 10.8 Å². The molecule has 0 fully saturated rings. The number of para-hydroxylation sites is 3. The summed E-state index contributed by atoms with van der Waals surface area (Å²) in [6.45, 7) is 14.3. The van der Waals surface area contributed by atoms with E-state index in [0.29, 0.717) is 0 Å². The molecule has 306 valence electrons. The van der Waals surface area contributed by atoms with Gasteiger partial charge in [-0.05, 0) is 137 Å². The normalized spacial score (nSPS) is 17.4. The number of rotatable bonds is 3. The molecule has 3 aliphatic heterocycles. The summed E-state index contributed by atoms with van der Waals surface area (Å²) in [5, 5.41) is 2.31. The topological polar surface area (TPSA) is 19.6 Å². The van der Waals surface area contributed by atoms with Gasteiger partial charge in [-0.15, -0.1) is 10.0 Å². The van der Waals surface area contributed by atoms with E-state index in [1.54, 1.807) is 0 Å². The second-order valence-electron chi connectivity index (χ2n) is 19.7. The van der Waals surface area contributed by atoms with Crippen molar-refractivity contribution < 1.29 is 4.42 Å². The molecule has 0 radical (unpaired) electrons. The quantitative estimate of drug-likeness (QED) is 0.165. The molecule has 13 rings (SSSR count). The van der Waals surface area contributed by atoms with Crippen molar-refractivity contribution in [2.75, 3.05) is 9.71 Å². The average molecular weight is 833 g/mol. The van der Waals surface area contributed by atoms with Gasteiger partial charge in [0.05, 0.1) is 5.69 Å². The summed E-state index contributed by atoms with van der Waals surface area (Å²) in [7, 11) is -1.93. The number of nitrogens with zero attached hydrogens (tertiary/aromatic N) is 2. The molecule has 9 aromatic rings. The highest BCUT2D eigenvalue weighted by Crippen LogP contribution is 2.80. The Labute approximate surface area is 372 Å². The molecular weight excluding hydrogens is 784 g/mol. The lowest BCUT2D eigenvalue weighted by atomic mass is 9.43. The molecule has 0 saturated heterocycles. The van der Waals surface area contributed by atoms with Gasteiger partial charge in [-0.3, -0.25) is 0 Å². The minimum atomic E-state index is -1.93. The second kappa shape index (κ2) is 12.8. The van der Waals surface area contributed by atoms with Crippen LogP contribution in [0.1, 0.15) is 62.8 Å². The van der Waals surface area contributed by atoms with Gasteiger partial charge in [-0.1, -0.05) is 125 Å². The van der Waals surface area contributed by atoms with E-state index in [2.05, 4.69) is 215 Å². The maximum absolute atomic E-state index is 6.79. The molecule has 0 spiro atoms. The fourth-order valence-electron chi connectivity index (χ4n) is 12.0. The van der Waals surface area contributed by atoms with Gasteiger partial charge in [0.25, 0.3) is 0 Å². The lowest BCUT2D eigenvalue weighted by Crippen LogP contribution is -2.62. The van der Waals surface area contributed by atoms with Gasteiger partial charge in [0.1, 0.15) is 11.2 Å². The Hall–Kier alpha value is -6.43. The number of hydrogen-bond donors (Lipinski definition) is 0. The van der Waals surface area contributed by atoms with E-state index >= 15 is 0 Å². The van der Waals surface area contributed by atoms with Crippen molar-refractivity contribution in [2.24, 2.45) is 0 Å². The Morgan fingerprint density at radius 2 is 1.17 bits per heavy atom. The van der Waals surface area contributed by atoms with E-state index in [4.69, 9.17) is 4.42 Å². The van der Waals surface area contributed by atoms with Gasteiger partial charge in [0.2, 0.25) is 0 Å². The summed E-state index contributed by atoms with van der Waals surface area (Å²) < 4.78 is 6.79. The van der Waals surface area contributed by atoms with E-state index in [-0.39, 0.29) is 17.7 Å². The molecule has 63 heavy (non-hydrogen) atoms. The third-order valence-corrected chi connectivity index (χ3v) is 19.0. The molecule has 4 heterocycles. The molecular formula is C58H49BN2OS. The standard InChI is InChI=1S/C58H49BN2OS/c1-36-30-43-41-23-17-27-54-56(41)61(47-24-14-16-26-53(47)63(54,38-18-9-7-10-19-38)39-20-11-8-12-21-39)59-46-33-42-40-22-13-15-25-51(40)62-52(42)35-49(46)60(50(31-36)55(43)59)48-34-45-44(32-37(48)2)57(3,4)28-29-58(45,5)6/h7-27,30-35H,28-29H2,1-6H3. The third kappa shape index (κ3) is 4.89. The van der Waals surface area contributed by atoms with E-state index < -0.39 is 10.0 Å². The van der Waals surface area contributed by atoms with E-state index in [1.165, 1.54) is 98.7 Å². The third-order valence-electron chi connectivity index (χ3n) is 15.1. The van der Waals surface area contributed by atoms with Crippen LogP contribution < -0.4 is 20.6 Å². The van der Waals surface area contributed by atoms with Crippen LogP contribution in [0.15, 0.2) is 188 Å². The van der Waals surface area contributed by atoms with Crippen LogP contribution in [-0.4, -0.2) is 6.85 Å². The number of hydrogen-bond acceptors (Lipinski definition) is 3. The Morgan fingerprint density at radius 1 is 0.524 bits per heavy atom. The maximum Gasteiger partial charge on any atom is 0.333 e. The van der Waals surface area contributed by atoms with Gasteiger partial charge >= 0.3 is 6.85 Å². The van der Waals surface area contributed by atoms with Gasteiger partial charge in [-0.25, -0.2) is 0 Å². The Balaban J connectivity index is 1.18. The van der Waals surface area contributed by atoms with Crippen molar-refractivity contribution in [3.05, 3.63) is 186 Å². The summed E-state index contributed by atoms with van der Waals surface area (Å²) in [6, 6.07) is 62.6. The predicted octanol–water partition coefficient (Wildman–Crippen LogP) is 14.9. The van der Waals surface area contributed by atoms with Crippen molar-refractivity contribution in [3.63, 3.8) is 0 Å². The first-order valence-electron chi connectivity index (χ1n) is 22.6. The molecule has 5 heteroatoms. The molecule has 0 N–H and O–H groups in total. The molecule has 8 aromatic carbocycles. The summed E-state index contributed by atoms with van der Waals surface area (Å²) in [5.74, 6) is 0. The monoisotopic (exact) mass is 832 g/mol. The molecule has 0 saturated carbocycles. The zero-order valence-electron chi connectivity index (χ0n) is 36.8. The lowest BCUT2D eigenvalue weighted by Gasteiger charge is -2.55. The summed E-state index contributed by atoms with van der Waals surface area (Å²) >= 11 is 0. The largest absolute Gasteiger partial charge is 0.456 e. The van der Waals surface area contributed by atoms with Crippen molar-refractivity contribution in [1.82, 2.24) is 0 Å². The summed E-state index contributed by atoms with van der Waals surface area (Å²) in [5.41, 5.74) is 19.1. The van der Waals surface area contributed by atoms with E-state index in [9.17, 15) is 0 Å². The Bertz CT molecular complexity index is 3360. The van der Waals surface area contributed by atoms with Crippen molar-refractivity contribution >= 4 is 78.2 Å². The number of aryl methyl sites for hydroxylation is 2. The summed E-state index contributed by atoms with van der Waals surface area (Å²) in [6.07, 6.45) is 2.35. The van der Waals surface area contributed by atoms with Crippen LogP contribution in [0, 0.1) is 13.8 Å². The number of furan rings is 1. The van der Waals surface area contributed by atoms with Crippen LogP contribution in [0.3, 0.4) is 0 Å². The lowest BCUT2D eigenvalue weighted by molar-refractivity contribution is 0.332. The second-order valence-corrected chi connectivity index (χ2v) is 22.7. The fraction of sp³-hybridized carbons (Fsp3) is 0.172. The van der Waals surface area contributed by atoms with E-state index in [0.717, 1.165) is 28.4 Å². The first kappa shape index (κ1) is 37.2. The summed E-state index contributed by atoms with van der Waals surface area (Å²) in [4.78, 5) is 10.8. The van der Waals surface area contributed by atoms with E-state index in [1.807, 2.05) is 0 Å². The van der Waals surface area contributed by atoms with Gasteiger partial charge < -0.3 is 14.1 Å². The first-order chi connectivity index (χ1) is 30.6. The predicted molar refractivity (Wildman–Crippen MR) is 266 cm³/mol. The van der Waals surface area contributed by atoms with Gasteiger partial charge in [0.15, 0.2) is 0 Å². The highest BCUT2D eigenvalue weighted by molar-refractivity contribution is 8.34. The molecule has 4 aliphatic rings. The van der Waals surface area contributed by atoms with Crippen LogP contribution in [0.5, 0.6) is 0 Å². The van der Waals surface area contributed by atoms with Crippen LogP contribution >= 0.6 is 10.0 Å². The minimum absolute atomic E-state index is 0.0579. The van der Waals surface area contributed by atoms with Crippen LogP contribution in [0.25, 0.3) is 33.1 Å². The molecule has 0 bridgehead atoms. The number of benzene rings is 8. The Kier molecular flexibility index (Phi) is 7.57. The molecule has 0 unspecified atom stereocenters. The molecule has 1 aromatic heterocycles. The van der Waals surface area contributed by atoms with Crippen molar-refractivity contribution in [3.8, 4) is 11.1 Å². The zero-order valence-corrected chi connectivity index (χ0v) is 37.6. The van der Waals surface area contributed by atoms with Crippen molar-refractivity contribution in [1.29, 1.82) is 0 Å². The number of anilines is 5. The highest BCUT2D eigenvalue weighted by Gasteiger charge is 2.52. The first-order valence-corrected chi connectivity index (χ1v) is 24.2. The fourth-order valence-corrected chi connectivity index (χ4v) is 16.2. The Morgan fingerprint density at radius 3 is 1.92 bits per heavy atom. The van der Waals surface area contributed by atoms with Crippen LogP contribution in [0.2, 0.25) is 0 Å². The smallest absolute Gasteiger partial charge is 0.333 e.